The van der Waals surface area contributed by atoms with Crippen LogP contribution in [0.3, 0.4) is 0 Å². The van der Waals surface area contributed by atoms with Crippen LogP contribution in [-0.2, 0) is 6.42 Å². The highest BCUT2D eigenvalue weighted by atomic mass is 15.3. The summed E-state index contributed by atoms with van der Waals surface area (Å²) in [4.78, 5) is 4.83. The third kappa shape index (κ3) is 6.62. The van der Waals surface area contributed by atoms with Crippen molar-refractivity contribution in [2.45, 2.75) is 81.8 Å². The highest BCUT2D eigenvalue weighted by Crippen LogP contribution is 2.38. The molecule has 3 aromatic carbocycles. The second kappa shape index (κ2) is 14.2. The predicted molar refractivity (Wildman–Crippen MR) is 194 cm³/mol. The van der Waals surface area contributed by atoms with E-state index in [1.807, 2.05) is 0 Å². The summed E-state index contributed by atoms with van der Waals surface area (Å²) in [5, 5.41) is 0. The SMILES string of the molecule is C.C.Cc1cc(C)c(N2[CH-][n+]3ccccc3C2C)c(C)c1.Cc1cc(C)c(N2[CH-][n+]3ccccc3C2Cc2ccccc2)c(C)c1. The Hall–Kier alpha value is -4.70. The minimum atomic E-state index is 0. The molecule has 0 spiro atoms. The maximum absolute atomic E-state index is 2.45. The van der Waals surface area contributed by atoms with E-state index in [4.69, 9.17) is 0 Å². The van der Waals surface area contributed by atoms with Crippen molar-refractivity contribution in [3.8, 4) is 0 Å². The van der Waals surface area contributed by atoms with Gasteiger partial charge in [0.05, 0.1) is 24.5 Å². The number of anilines is 2. The van der Waals surface area contributed by atoms with Crippen molar-refractivity contribution < 1.29 is 9.13 Å². The van der Waals surface area contributed by atoms with E-state index in [-0.39, 0.29) is 14.9 Å². The minimum absolute atomic E-state index is 0. The summed E-state index contributed by atoms with van der Waals surface area (Å²) in [7, 11) is 0. The second-order valence-corrected chi connectivity index (χ2v) is 12.5. The fraction of sp³-hybridized carbons (Fsp3) is 0.286. The van der Waals surface area contributed by atoms with Crippen LogP contribution in [0.25, 0.3) is 0 Å². The summed E-state index contributed by atoms with van der Waals surface area (Å²) >= 11 is 0. The molecule has 0 N–H and O–H groups in total. The van der Waals surface area contributed by atoms with E-state index in [2.05, 4.69) is 184 Å². The van der Waals surface area contributed by atoms with Crippen LogP contribution in [0.5, 0.6) is 0 Å². The summed E-state index contributed by atoms with van der Waals surface area (Å²) in [6, 6.07) is 33.4. The van der Waals surface area contributed by atoms with Crippen LogP contribution >= 0.6 is 0 Å². The number of benzene rings is 3. The number of aryl methyl sites for hydroxylation is 6. The largest absolute Gasteiger partial charge is 0.346 e. The van der Waals surface area contributed by atoms with Gasteiger partial charge in [0.15, 0.2) is 0 Å². The summed E-state index contributed by atoms with van der Waals surface area (Å²) in [6.45, 7) is 19.9. The topological polar surface area (TPSA) is 14.2 Å². The van der Waals surface area contributed by atoms with Gasteiger partial charge in [0.1, 0.15) is 24.7 Å². The van der Waals surface area contributed by atoms with E-state index < -0.39 is 0 Å². The van der Waals surface area contributed by atoms with Crippen molar-refractivity contribution >= 4 is 11.4 Å². The molecule has 4 nitrogen and oxygen atoms in total. The van der Waals surface area contributed by atoms with Gasteiger partial charge in [-0.1, -0.05) is 117 Å². The normalized spacial score (nSPS) is 15.7. The van der Waals surface area contributed by atoms with Gasteiger partial charge in [0.2, 0.25) is 0 Å². The van der Waals surface area contributed by atoms with Gasteiger partial charge >= 0.3 is 0 Å². The van der Waals surface area contributed by atoms with Crippen molar-refractivity contribution in [2.24, 2.45) is 0 Å². The third-order valence-corrected chi connectivity index (χ3v) is 8.92. The Morgan fingerprint density at radius 2 is 1.00 bits per heavy atom. The van der Waals surface area contributed by atoms with Crippen LogP contribution < -0.4 is 18.9 Å². The lowest BCUT2D eigenvalue weighted by Gasteiger charge is -2.29. The minimum Gasteiger partial charge on any atom is -0.346 e. The molecular weight excluding hydrogens is 560 g/mol. The van der Waals surface area contributed by atoms with Crippen molar-refractivity contribution in [1.82, 2.24) is 0 Å². The Kier molecular flexibility index (Phi) is 10.5. The molecular formula is C42H52N4. The van der Waals surface area contributed by atoms with E-state index in [0.717, 1.165) is 6.42 Å². The average molecular weight is 613 g/mol. The first-order valence-electron chi connectivity index (χ1n) is 15.7. The van der Waals surface area contributed by atoms with E-state index in [1.165, 1.54) is 61.7 Å². The summed E-state index contributed by atoms with van der Waals surface area (Å²) < 4.78 is 4.47. The molecule has 4 heterocycles. The Bertz CT molecular complexity index is 1750. The maximum atomic E-state index is 2.45. The second-order valence-electron chi connectivity index (χ2n) is 12.5. The Morgan fingerprint density at radius 3 is 1.52 bits per heavy atom. The van der Waals surface area contributed by atoms with Crippen molar-refractivity contribution in [1.29, 1.82) is 0 Å². The van der Waals surface area contributed by atoms with Crippen LogP contribution in [-0.4, -0.2) is 0 Å². The van der Waals surface area contributed by atoms with Gasteiger partial charge in [-0.2, -0.15) is 0 Å². The lowest BCUT2D eigenvalue weighted by molar-refractivity contribution is -0.631. The van der Waals surface area contributed by atoms with Crippen LogP contribution in [0.2, 0.25) is 0 Å². The van der Waals surface area contributed by atoms with E-state index in [9.17, 15) is 0 Å². The zero-order valence-electron chi connectivity index (χ0n) is 27.1. The quantitative estimate of drug-likeness (QED) is 0.148. The number of fused-ring (bicyclic) bond motifs is 2. The Balaban J connectivity index is 0.000000207. The van der Waals surface area contributed by atoms with Gasteiger partial charge in [-0.3, -0.25) is 0 Å². The van der Waals surface area contributed by atoms with Gasteiger partial charge in [0, 0.05) is 11.4 Å². The van der Waals surface area contributed by atoms with E-state index in [1.54, 1.807) is 0 Å². The smallest absolute Gasteiger partial charge is 0.144 e. The zero-order valence-corrected chi connectivity index (χ0v) is 27.1. The highest BCUT2D eigenvalue weighted by Gasteiger charge is 2.33. The van der Waals surface area contributed by atoms with Crippen molar-refractivity contribution in [3.05, 3.63) is 167 Å². The molecule has 0 bridgehead atoms. The molecule has 0 aliphatic carbocycles. The van der Waals surface area contributed by atoms with Crippen molar-refractivity contribution in [2.75, 3.05) is 9.80 Å². The first-order chi connectivity index (χ1) is 21.2. The predicted octanol–water partition coefficient (Wildman–Crippen LogP) is 9.39. The lowest BCUT2D eigenvalue weighted by Crippen LogP contribution is -2.33. The molecule has 0 saturated carbocycles. The van der Waals surface area contributed by atoms with Crippen LogP contribution in [0.1, 0.15) is 84.2 Å². The van der Waals surface area contributed by atoms with Gasteiger partial charge < -0.3 is 18.9 Å². The molecule has 4 heteroatoms. The fourth-order valence-corrected chi connectivity index (χ4v) is 7.18. The van der Waals surface area contributed by atoms with E-state index >= 15 is 0 Å². The molecule has 5 aromatic rings. The molecule has 2 unspecified atom stereocenters. The standard InChI is InChI=1S/C23H24N2.C17H20N2.2CH4/c1-17-13-18(2)23(19(3)14-17)25-16-24-12-8-7-11-21(24)22(25)15-20-9-5-4-6-10-20;1-12-9-13(2)17(14(3)10-12)19-11-18-8-6-5-7-16(18)15(19)4;;/h4-14,16,22H,15H2,1-3H3;5-11,15H,1-4H3;2*1H4. The van der Waals surface area contributed by atoms with Crippen molar-refractivity contribution in [3.63, 3.8) is 0 Å². The Labute approximate surface area is 278 Å². The third-order valence-electron chi connectivity index (χ3n) is 8.92. The molecule has 2 aliphatic heterocycles. The fourth-order valence-electron chi connectivity index (χ4n) is 7.18. The molecule has 2 atom stereocenters. The molecule has 240 valence electrons. The van der Waals surface area contributed by atoms with Gasteiger partial charge in [-0.15, -0.1) is 0 Å². The summed E-state index contributed by atoms with van der Waals surface area (Å²) in [5.74, 6) is 0. The molecule has 7 rings (SSSR count). The first-order valence-corrected chi connectivity index (χ1v) is 15.7. The summed E-state index contributed by atoms with van der Waals surface area (Å²) in [5.41, 5.74) is 14.7. The number of hydrogen-bond acceptors (Lipinski definition) is 2. The molecule has 0 amide bonds. The summed E-state index contributed by atoms with van der Waals surface area (Å²) in [6.07, 6.45) is 5.25. The zero-order chi connectivity index (χ0) is 31.0. The first kappa shape index (κ1) is 34.2. The van der Waals surface area contributed by atoms with Gasteiger partial charge in [-0.05, 0) is 82.7 Å². The average Bonchev–Trinajstić information content (AvgIpc) is 3.50. The highest BCUT2D eigenvalue weighted by molar-refractivity contribution is 5.63. The van der Waals surface area contributed by atoms with E-state index in [0.29, 0.717) is 12.1 Å². The van der Waals surface area contributed by atoms with Crippen LogP contribution in [0.4, 0.5) is 11.4 Å². The maximum Gasteiger partial charge on any atom is 0.144 e. The van der Waals surface area contributed by atoms with Crippen LogP contribution in [0.15, 0.2) is 103 Å². The molecule has 0 saturated heterocycles. The number of aromatic nitrogens is 2. The van der Waals surface area contributed by atoms with Gasteiger partial charge in [-0.25, -0.2) is 0 Å². The number of pyridine rings is 2. The Morgan fingerprint density at radius 1 is 0.565 bits per heavy atom. The van der Waals surface area contributed by atoms with Crippen LogP contribution in [0, 0.1) is 54.9 Å². The molecule has 0 radical (unpaired) electrons. The molecule has 2 aliphatic rings. The number of hydrogen-bond donors (Lipinski definition) is 0. The van der Waals surface area contributed by atoms with Gasteiger partial charge in [0.25, 0.3) is 0 Å². The monoisotopic (exact) mass is 612 g/mol. The molecule has 46 heavy (non-hydrogen) atoms. The number of rotatable bonds is 4. The molecule has 2 aromatic heterocycles. The number of nitrogens with zero attached hydrogens (tertiary/aromatic N) is 4. The molecule has 0 fully saturated rings. The lowest BCUT2D eigenvalue weighted by atomic mass is 9.99.